The highest BCUT2D eigenvalue weighted by Gasteiger charge is 2.20. The van der Waals surface area contributed by atoms with Crippen LogP contribution in [0.25, 0.3) is 0 Å². The molecule has 0 aromatic heterocycles. The van der Waals surface area contributed by atoms with Crippen LogP contribution >= 0.6 is 11.8 Å². The number of hydrogen-bond acceptors (Lipinski definition) is 4. The molecule has 2 rings (SSSR count). The first-order chi connectivity index (χ1) is 8.79. The van der Waals surface area contributed by atoms with Crippen LogP contribution < -0.4 is 10.5 Å². The maximum atomic E-state index is 6.17. The van der Waals surface area contributed by atoms with Crippen LogP contribution in [-0.2, 0) is 4.74 Å². The molecule has 3 nitrogen and oxygen atoms in total. The van der Waals surface area contributed by atoms with Crippen molar-refractivity contribution in [3.05, 3.63) is 29.8 Å². The zero-order valence-electron chi connectivity index (χ0n) is 10.8. The number of thioether (sulfide) groups is 1. The summed E-state index contributed by atoms with van der Waals surface area (Å²) in [6.07, 6.45) is 1.03. The molecule has 0 aliphatic carbocycles. The summed E-state index contributed by atoms with van der Waals surface area (Å²) in [5.74, 6) is 1.87. The summed E-state index contributed by atoms with van der Waals surface area (Å²) in [6.45, 7) is 4.62. The summed E-state index contributed by atoms with van der Waals surface area (Å²) in [4.78, 5) is 0. The lowest BCUT2D eigenvalue weighted by Crippen LogP contribution is -2.31. The lowest BCUT2D eigenvalue weighted by atomic mass is 10.1. The molecule has 1 aromatic rings. The van der Waals surface area contributed by atoms with Gasteiger partial charge in [-0.3, -0.25) is 0 Å². The smallest absolute Gasteiger partial charge is 0.119 e. The zero-order valence-corrected chi connectivity index (χ0v) is 11.6. The molecule has 1 aliphatic heterocycles. The minimum Gasteiger partial charge on any atom is -0.494 e. The molecule has 1 atom stereocenters. The SMILES string of the molecule is CCCOc1ccc(C(N)CSC2COC2)cc1. The van der Waals surface area contributed by atoms with Gasteiger partial charge in [-0.2, -0.15) is 11.8 Å². The van der Waals surface area contributed by atoms with E-state index in [-0.39, 0.29) is 6.04 Å². The highest BCUT2D eigenvalue weighted by molar-refractivity contribution is 8.00. The molecule has 0 radical (unpaired) electrons. The second-order valence-electron chi connectivity index (χ2n) is 4.52. The van der Waals surface area contributed by atoms with Gasteiger partial charge in [0.15, 0.2) is 0 Å². The van der Waals surface area contributed by atoms with Gasteiger partial charge in [0.1, 0.15) is 5.75 Å². The fourth-order valence-electron chi connectivity index (χ4n) is 1.68. The van der Waals surface area contributed by atoms with Gasteiger partial charge in [-0.15, -0.1) is 0 Å². The van der Waals surface area contributed by atoms with Crippen molar-refractivity contribution in [3.63, 3.8) is 0 Å². The molecule has 1 fully saturated rings. The summed E-state index contributed by atoms with van der Waals surface area (Å²) >= 11 is 1.90. The molecule has 100 valence electrons. The summed E-state index contributed by atoms with van der Waals surface area (Å²) in [6, 6.07) is 8.22. The second-order valence-corrected chi connectivity index (χ2v) is 5.85. The second kappa shape index (κ2) is 7.02. The predicted molar refractivity (Wildman–Crippen MR) is 76.2 cm³/mol. The van der Waals surface area contributed by atoms with Crippen LogP contribution in [0, 0.1) is 0 Å². The van der Waals surface area contributed by atoms with E-state index in [4.69, 9.17) is 15.2 Å². The molecule has 2 N–H and O–H groups in total. The third-order valence-electron chi connectivity index (χ3n) is 2.90. The van der Waals surface area contributed by atoms with Crippen LogP contribution in [0.15, 0.2) is 24.3 Å². The van der Waals surface area contributed by atoms with Crippen molar-refractivity contribution in [1.82, 2.24) is 0 Å². The van der Waals surface area contributed by atoms with Gasteiger partial charge < -0.3 is 15.2 Å². The Morgan fingerprint density at radius 3 is 2.67 bits per heavy atom. The summed E-state index contributed by atoms with van der Waals surface area (Å²) in [5, 5.41) is 0.642. The van der Waals surface area contributed by atoms with E-state index < -0.39 is 0 Å². The van der Waals surface area contributed by atoms with E-state index in [0.29, 0.717) is 5.25 Å². The number of hydrogen-bond donors (Lipinski definition) is 1. The lowest BCUT2D eigenvalue weighted by Gasteiger charge is -2.26. The number of ether oxygens (including phenoxy) is 2. The monoisotopic (exact) mass is 267 g/mol. The molecule has 1 saturated heterocycles. The molecule has 0 spiro atoms. The summed E-state index contributed by atoms with van der Waals surface area (Å²) in [7, 11) is 0. The molecular formula is C14H21NO2S. The first-order valence-corrected chi connectivity index (χ1v) is 7.52. The molecular weight excluding hydrogens is 246 g/mol. The summed E-state index contributed by atoms with van der Waals surface area (Å²) in [5.41, 5.74) is 7.34. The standard InChI is InChI=1S/C14H21NO2S/c1-2-7-17-12-5-3-11(4-6-12)14(15)10-18-13-8-16-9-13/h3-6,13-14H,2,7-10,15H2,1H3. The average Bonchev–Trinajstić information content (AvgIpc) is 2.35. The van der Waals surface area contributed by atoms with Crippen molar-refractivity contribution >= 4 is 11.8 Å². The lowest BCUT2D eigenvalue weighted by molar-refractivity contribution is 0.0455. The quantitative estimate of drug-likeness (QED) is 0.825. The fourth-order valence-corrected chi connectivity index (χ4v) is 2.73. The Balaban J connectivity index is 1.79. The van der Waals surface area contributed by atoms with Gasteiger partial charge in [0.2, 0.25) is 0 Å². The molecule has 1 heterocycles. The predicted octanol–water partition coefficient (Wildman–Crippen LogP) is 2.61. The Labute approximate surface area is 113 Å². The Kier molecular flexibility index (Phi) is 5.35. The van der Waals surface area contributed by atoms with Crippen molar-refractivity contribution in [1.29, 1.82) is 0 Å². The van der Waals surface area contributed by atoms with Crippen LogP contribution in [0.5, 0.6) is 5.75 Å². The minimum atomic E-state index is 0.0934. The van der Waals surface area contributed by atoms with Crippen molar-refractivity contribution in [2.24, 2.45) is 5.73 Å². The molecule has 1 unspecified atom stereocenters. The van der Waals surface area contributed by atoms with E-state index in [1.165, 1.54) is 5.56 Å². The maximum absolute atomic E-state index is 6.17. The topological polar surface area (TPSA) is 44.5 Å². The van der Waals surface area contributed by atoms with E-state index in [0.717, 1.165) is 37.7 Å². The maximum Gasteiger partial charge on any atom is 0.119 e. The van der Waals surface area contributed by atoms with E-state index in [1.807, 2.05) is 23.9 Å². The normalized spacial score (nSPS) is 17.2. The highest BCUT2D eigenvalue weighted by atomic mass is 32.2. The molecule has 18 heavy (non-hydrogen) atoms. The van der Waals surface area contributed by atoms with Crippen molar-refractivity contribution in [3.8, 4) is 5.75 Å². The Bertz CT molecular complexity index is 351. The molecule has 1 aliphatic rings. The highest BCUT2D eigenvalue weighted by Crippen LogP contribution is 2.25. The van der Waals surface area contributed by atoms with Gasteiger partial charge in [-0.25, -0.2) is 0 Å². The van der Waals surface area contributed by atoms with Crippen molar-refractivity contribution < 1.29 is 9.47 Å². The number of nitrogens with two attached hydrogens (primary N) is 1. The Hall–Kier alpha value is -0.710. The van der Waals surface area contributed by atoms with Crippen LogP contribution in [-0.4, -0.2) is 30.8 Å². The van der Waals surface area contributed by atoms with Gasteiger partial charge in [-0.1, -0.05) is 19.1 Å². The molecule has 1 aromatic carbocycles. The van der Waals surface area contributed by atoms with Gasteiger partial charge in [0, 0.05) is 11.8 Å². The van der Waals surface area contributed by atoms with Gasteiger partial charge in [-0.05, 0) is 24.1 Å². The van der Waals surface area contributed by atoms with E-state index in [2.05, 4.69) is 19.1 Å². The van der Waals surface area contributed by atoms with E-state index >= 15 is 0 Å². The van der Waals surface area contributed by atoms with Crippen LogP contribution in [0.3, 0.4) is 0 Å². The van der Waals surface area contributed by atoms with E-state index in [9.17, 15) is 0 Å². The number of rotatable bonds is 7. The van der Waals surface area contributed by atoms with Crippen LogP contribution in [0.2, 0.25) is 0 Å². The van der Waals surface area contributed by atoms with Crippen LogP contribution in [0.1, 0.15) is 24.9 Å². The first kappa shape index (κ1) is 13.7. The minimum absolute atomic E-state index is 0.0934. The first-order valence-electron chi connectivity index (χ1n) is 6.47. The van der Waals surface area contributed by atoms with Crippen molar-refractivity contribution in [2.45, 2.75) is 24.6 Å². The zero-order chi connectivity index (χ0) is 12.8. The third kappa shape index (κ3) is 3.90. The van der Waals surface area contributed by atoms with Gasteiger partial charge in [0.05, 0.1) is 25.1 Å². The molecule has 0 amide bonds. The fraction of sp³-hybridized carbons (Fsp3) is 0.571. The van der Waals surface area contributed by atoms with Gasteiger partial charge in [0.25, 0.3) is 0 Å². The third-order valence-corrected chi connectivity index (χ3v) is 4.20. The molecule has 0 saturated carbocycles. The molecule has 0 bridgehead atoms. The van der Waals surface area contributed by atoms with Crippen molar-refractivity contribution in [2.75, 3.05) is 25.6 Å². The van der Waals surface area contributed by atoms with Crippen LogP contribution in [0.4, 0.5) is 0 Å². The summed E-state index contributed by atoms with van der Waals surface area (Å²) < 4.78 is 10.7. The Morgan fingerprint density at radius 2 is 2.11 bits per heavy atom. The van der Waals surface area contributed by atoms with E-state index in [1.54, 1.807) is 0 Å². The largest absolute Gasteiger partial charge is 0.494 e. The molecule has 4 heteroatoms. The van der Waals surface area contributed by atoms with Gasteiger partial charge >= 0.3 is 0 Å². The Morgan fingerprint density at radius 1 is 1.39 bits per heavy atom. The number of benzene rings is 1. The average molecular weight is 267 g/mol.